The van der Waals surface area contributed by atoms with Gasteiger partial charge in [-0.1, -0.05) is 68.8 Å². The Morgan fingerprint density at radius 1 is 0.842 bits per heavy atom. The van der Waals surface area contributed by atoms with Gasteiger partial charge in [0.1, 0.15) is 0 Å². The molecule has 98 valence electrons. The van der Waals surface area contributed by atoms with Gasteiger partial charge in [-0.05, 0) is 23.1 Å². The summed E-state index contributed by atoms with van der Waals surface area (Å²) < 4.78 is 0. The zero-order valence-electron chi connectivity index (χ0n) is 11.6. The van der Waals surface area contributed by atoms with E-state index in [1.54, 1.807) is 0 Å². The number of aryl methyl sites for hydroxylation is 1. The molecule has 0 aromatic heterocycles. The first-order chi connectivity index (χ1) is 9.24. The summed E-state index contributed by atoms with van der Waals surface area (Å²) in [6.45, 7) is 4.08. The lowest BCUT2D eigenvalue weighted by Gasteiger charge is -2.05. The molecule has 0 aliphatic carbocycles. The van der Waals surface area contributed by atoms with Crippen LogP contribution in [0.1, 0.15) is 42.6 Å². The Labute approximate surface area is 115 Å². The van der Waals surface area contributed by atoms with Crippen LogP contribution in [0, 0.1) is 0 Å². The van der Waals surface area contributed by atoms with Gasteiger partial charge in [0.05, 0.1) is 0 Å². The Morgan fingerprint density at radius 2 is 1.37 bits per heavy atom. The van der Waals surface area contributed by atoms with E-state index < -0.39 is 0 Å². The van der Waals surface area contributed by atoms with Crippen molar-refractivity contribution in [2.75, 3.05) is 0 Å². The van der Waals surface area contributed by atoms with Gasteiger partial charge in [-0.3, -0.25) is 4.79 Å². The monoisotopic (exact) mass is 252 g/mol. The number of carbonyl (C=O) groups is 1. The third kappa shape index (κ3) is 3.31. The minimum atomic E-state index is 0.199. The highest BCUT2D eigenvalue weighted by Crippen LogP contribution is 2.21. The zero-order valence-corrected chi connectivity index (χ0v) is 11.6. The van der Waals surface area contributed by atoms with Gasteiger partial charge in [0, 0.05) is 12.0 Å². The van der Waals surface area contributed by atoms with Gasteiger partial charge in [-0.15, -0.1) is 0 Å². The van der Waals surface area contributed by atoms with Crippen LogP contribution in [0.25, 0.3) is 11.1 Å². The maximum atomic E-state index is 11.6. The highest BCUT2D eigenvalue weighted by molar-refractivity contribution is 5.96. The summed E-state index contributed by atoms with van der Waals surface area (Å²) >= 11 is 0. The molecule has 1 heteroatoms. The molecular weight excluding hydrogens is 232 g/mol. The van der Waals surface area contributed by atoms with E-state index in [1.807, 2.05) is 31.2 Å². The van der Waals surface area contributed by atoms with E-state index >= 15 is 0 Å². The molecule has 0 unspecified atom stereocenters. The van der Waals surface area contributed by atoms with Crippen molar-refractivity contribution >= 4 is 5.78 Å². The third-order valence-electron chi connectivity index (χ3n) is 3.35. The number of hydrogen-bond donors (Lipinski definition) is 0. The fourth-order valence-electron chi connectivity index (χ4n) is 2.21. The summed E-state index contributed by atoms with van der Waals surface area (Å²) in [6.07, 6.45) is 2.86. The van der Waals surface area contributed by atoms with Gasteiger partial charge in [-0.25, -0.2) is 0 Å². The predicted molar refractivity (Wildman–Crippen MR) is 80.5 cm³/mol. The maximum absolute atomic E-state index is 11.6. The molecule has 0 saturated heterocycles. The molecule has 0 bridgehead atoms. The van der Waals surface area contributed by atoms with E-state index in [-0.39, 0.29) is 5.78 Å². The van der Waals surface area contributed by atoms with Gasteiger partial charge in [0.2, 0.25) is 0 Å². The summed E-state index contributed by atoms with van der Waals surface area (Å²) in [5.74, 6) is 0.199. The number of carbonyl (C=O) groups excluding carboxylic acids is 1. The number of ketones is 1. The van der Waals surface area contributed by atoms with Crippen LogP contribution in [0.4, 0.5) is 0 Å². The molecule has 0 spiro atoms. The molecule has 0 atom stereocenters. The van der Waals surface area contributed by atoms with Crippen LogP contribution in [0.5, 0.6) is 0 Å². The maximum Gasteiger partial charge on any atom is 0.162 e. The second-order valence-corrected chi connectivity index (χ2v) is 4.80. The van der Waals surface area contributed by atoms with E-state index in [0.717, 1.165) is 17.5 Å². The number of benzene rings is 2. The van der Waals surface area contributed by atoms with Crippen molar-refractivity contribution < 1.29 is 4.79 Å². The predicted octanol–water partition coefficient (Wildman–Crippen LogP) is 4.90. The minimum Gasteiger partial charge on any atom is -0.294 e. The highest BCUT2D eigenvalue weighted by atomic mass is 16.1. The zero-order chi connectivity index (χ0) is 13.7. The van der Waals surface area contributed by atoms with Crippen LogP contribution in [-0.4, -0.2) is 5.78 Å². The minimum absolute atomic E-state index is 0.199. The topological polar surface area (TPSA) is 17.1 Å². The molecule has 0 heterocycles. The number of hydrogen-bond acceptors (Lipinski definition) is 1. The lowest BCUT2D eigenvalue weighted by molar-refractivity contribution is 0.0988. The number of Topliss-reactive ketones (excluding diaryl/α,β-unsaturated/α-hetero) is 1. The summed E-state index contributed by atoms with van der Waals surface area (Å²) in [5, 5.41) is 0. The highest BCUT2D eigenvalue weighted by Gasteiger charge is 2.03. The molecular formula is C18H20O. The van der Waals surface area contributed by atoms with Gasteiger partial charge in [0.25, 0.3) is 0 Å². The Morgan fingerprint density at radius 3 is 1.84 bits per heavy atom. The van der Waals surface area contributed by atoms with E-state index in [4.69, 9.17) is 0 Å². The van der Waals surface area contributed by atoms with Crippen molar-refractivity contribution in [2.45, 2.75) is 33.1 Å². The Bertz CT molecular complexity index is 535. The molecule has 2 aromatic carbocycles. The Hall–Kier alpha value is -1.89. The van der Waals surface area contributed by atoms with Crippen LogP contribution in [0.3, 0.4) is 0 Å². The van der Waals surface area contributed by atoms with Crippen LogP contribution in [0.15, 0.2) is 48.5 Å². The molecule has 1 nitrogen and oxygen atoms in total. The van der Waals surface area contributed by atoms with Crippen molar-refractivity contribution in [1.29, 1.82) is 0 Å². The normalized spacial score (nSPS) is 10.4. The third-order valence-corrected chi connectivity index (χ3v) is 3.35. The molecule has 0 fully saturated rings. The van der Waals surface area contributed by atoms with Crippen LogP contribution in [0.2, 0.25) is 0 Å². The lowest BCUT2D eigenvalue weighted by Crippen LogP contribution is -1.95. The van der Waals surface area contributed by atoms with E-state index in [2.05, 4.69) is 31.2 Å². The summed E-state index contributed by atoms with van der Waals surface area (Å²) in [5.41, 5.74) is 4.55. The fourth-order valence-corrected chi connectivity index (χ4v) is 2.21. The molecule has 0 saturated carbocycles. The first kappa shape index (κ1) is 13.5. The average molecular weight is 252 g/mol. The first-order valence-electron chi connectivity index (χ1n) is 6.97. The quantitative estimate of drug-likeness (QED) is 0.692. The molecule has 0 amide bonds. The Kier molecular flexibility index (Phi) is 4.51. The lowest BCUT2D eigenvalue weighted by atomic mass is 10.00. The second kappa shape index (κ2) is 6.33. The van der Waals surface area contributed by atoms with E-state index in [0.29, 0.717) is 6.42 Å². The molecule has 0 N–H and O–H groups in total. The van der Waals surface area contributed by atoms with Crippen LogP contribution in [-0.2, 0) is 6.42 Å². The summed E-state index contributed by atoms with van der Waals surface area (Å²) in [4.78, 5) is 11.6. The fraction of sp³-hybridized carbons (Fsp3) is 0.278. The van der Waals surface area contributed by atoms with Crippen molar-refractivity contribution in [3.8, 4) is 11.1 Å². The van der Waals surface area contributed by atoms with Gasteiger partial charge in [0.15, 0.2) is 5.78 Å². The van der Waals surface area contributed by atoms with Gasteiger partial charge in [-0.2, -0.15) is 0 Å². The van der Waals surface area contributed by atoms with Crippen molar-refractivity contribution in [1.82, 2.24) is 0 Å². The van der Waals surface area contributed by atoms with Crippen molar-refractivity contribution in [3.05, 3.63) is 59.7 Å². The molecule has 0 aliphatic heterocycles. The SMILES string of the molecule is CCCc1ccc(-c2ccc(C(=O)CC)cc2)cc1. The number of rotatable bonds is 5. The van der Waals surface area contributed by atoms with E-state index in [9.17, 15) is 4.79 Å². The Balaban J connectivity index is 2.19. The first-order valence-corrected chi connectivity index (χ1v) is 6.97. The standard InChI is InChI=1S/C18H20O/c1-3-5-14-6-8-15(9-7-14)16-10-12-17(13-11-16)18(19)4-2/h6-13H,3-5H2,1-2H3. The second-order valence-electron chi connectivity index (χ2n) is 4.80. The van der Waals surface area contributed by atoms with Crippen LogP contribution < -0.4 is 0 Å². The van der Waals surface area contributed by atoms with Crippen LogP contribution >= 0.6 is 0 Å². The largest absolute Gasteiger partial charge is 0.294 e. The molecule has 19 heavy (non-hydrogen) atoms. The summed E-state index contributed by atoms with van der Waals surface area (Å²) in [6, 6.07) is 16.6. The molecule has 0 radical (unpaired) electrons. The van der Waals surface area contributed by atoms with Crippen molar-refractivity contribution in [3.63, 3.8) is 0 Å². The van der Waals surface area contributed by atoms with Crippen molar-refractivity contribution in [2.24, 2.45) is 0 Å². The molecule has 2 aromatic rings. The average Bonchev–Trinajstić information content (AvgIpc) is 2.48. The molecule has 0 aliphatic rings. The summed E-state index contributed by atoms with van der Waals surface area (Å²) in [7, 11) is 0. The molecule has 2 rings (SSSR count). The smallest absolute Gasteiger partial charge is 0.162 e. The van der Waals surface area contributed by atoms with Gasteiger partial charge < -0.3 is 0 Å². The van der Waals surface area contributed by atoms with Gasteiger partial charge >= 0.3 is 0 Å². The van der Waals surface area contributed by atoms with E-state index in [1.165, 1.54) is 17.5 Å².